The van der Waals surface area contributed by atoms with Crippen molar-refractivity contribution in [3.8, 4) is 5.75 Å². The molecule has 1 atom stereocenters. The normalized spacial score (nSPS) is 15.7. The van der Waals surface area contributed by atoms with Gasteiger partial charge in [0.25, 0.3) is 0 Å². The van der Waals surface area contributed by atoms with Crippen LogP contribution < -0.4 is 15.0 Å². The average Bonchev–Trinajstić information content (AvgIpc) is 2.50. The van der Waals surface area contributed by atoms with Gasteiger partial charge in [-0.25, -0.2) is 0 Å². The number of nitrogens with one attached hydrogen (secondary N) is 1. The Morgan fingerprint density at radius 1 is 1.50 bits per heavy atom. The van der Waals surface area contributed by atoms with Crippen LogP contribution in [0.25, 0.3) is 0 Å². The number of amides is 1. The Morgan fingerprint density at radius 2 is 2.30 bits per heavy atom. The molecule has 110 valence electrons. The lowest BCUT2D eigenvalue weighted by molar-refractivity contribution is -0.118. The van der Waals surface area contributed by atoms with Crippen molar-refractivity contribution in [3.05, 3.63) is 23.8 Å². The summed E-state index contributed by atoms with van der Waals surface area (Å²) >= 11 is 0. The first-order chi connectivity index (χ1) is 9.65. The molecule has 0 bridgehead atoms. The summed E-state index contributed by atoms with van der Waals surface area (Å²) in [6.07, 6.45) is 3.05. The van der Waals surface area contributed by atoms with Crippen LogP contribution in [0.4, 0.5) is 5.69 Å². The smallest absolute Gasteiger partial charge is 0.240 e. The van der Waals surface area contributed by atoms with Crippen LogP contribution in [-0.2, 0) is 11.2 Å². The molecule has 2 rings (SSSR count). The molecule has 1 amide bonds. The van der Waals surface area contributed by atoms with Crippen LogP contribution in [0.15, 0.2) is 18.2 Å². The van der Waals surface area contributed by atoms with Crippen LogP contribution in [0.2, 0.25) is 0 Å². The molecule has 1 unspecified atom stereocenters. The van der Waals surface area contributed by atoms with Crippen LogP contribution in [0, 0.1) is 0 Å². The molecule has 4 heteroatoms. The molecular weight excluding hydrogens is 252 g/mol. The summed E-state index contributed by atoms with van der Waals surface area (Å²) in [6, 6.07) is 6.33. The van der Waals surface area contributed by atoms with Crippen molar-refractivity contribution in [1.82, 2.24) is 5.32 Å². The van der Waals surface area contributed by atoms with E-state index in [9.17, 15) is 4.79 Å². The van der Waals surface area contributed by atoms with Crippen molar-refractivity contribution in [2.45, 2.75) is 39.2 Å². The average molecular weight is 276 g/mol. The Hall–Kier alpha value is -1.55. The summed E-state index contributed by atoms with van der Waals surface area (Å²) < 4.78 is 5.25. The van der Waals surface area contributed by atoms with E-state index in [2.05, 4.69) is 19.2 Å². The first-order valence-electron chi connectivity index (χ1n) is 7.36. The lowest BCUT2D eigenvalue weighted by atomic mass is 10.0. The number of rotatable bonds is 5. The molecule has 4 nitrogen and oxygen atoms in total. The van der Waals surface area contributed by atoms with Gasteiger partial charge in [0.2, 0.25) is 5.91 Å². The molecule has 1 heterocycles. The Kier molecular flexibility index (Phi) is 5.01. The minimum atomic E-state index is 0.149. The summed E-state index contributed by atoms with van der Waals surface area (Å²) in [5.74, 6) is 1.01. The highest BCUT2D eigenvalue weighted by molar-refractivity contribution is 5.96. The van der Waals surface area contributed by atoms with E-state index < -0.39 is 0 Å². The van der Waals surface area contributed by atoms with E-state index in [-0.39, 0.29) is 5.91 Å². The van der Waals surface area contributed by atoms with Crippen LogP contribution in [0.1, 0.15) is 32.3 Å². The second kappa shape index (κ2) is 6.75. The molecule has 1 aromatic rings. The van der Waals surface area contributed by atoms with E-state index in [1.54, 1.807) is 7.11 Å². The van der Waals surface area contributed by atoms with Gasteiger partial charge in [-0.2, -0.15) is 0 Å². The van der Waals surface area contributed by atoms with Gasteiger partial charge in [0.15, 0.2) is 0 Å². The number of nitrogens with zero attached hydrogens (tertiary/aromatic N) is 1. The number of fused-ring (bicyclic) bond motifs is 1. The molecule has 1 aliphatic rings. The fourth-order valence-electron chi connectivity index (χ4n) is 2.46. The molecule has 20 heavy (non-hydrogen) atoms. The highest BCUT2D eigenvalue weighted by atomic mass is 16.5. The molecule has 0 aliphatic carbocycles. The lowest BCUT2D eigenvalue weighted by Gasteiger charge is -2.30. The lowest BCUT2D eigenvalue weighted by Crippen LogP contribution is -2.43. The number of carbonyl (C=O) groups excluding carboxylic acids is 1. The highest BCUT2D eigenvalue weighted by Gasteiger charge is 2.22. The first kappa shape index (κ1) is 14.9. The first-order valence-corrected chi connectivity index (χ1v) is 7.36. The number of methoxy groups -OCH3 is 1. The van der Waals surface area contributed by atoms with E-state index >= 15 is 0 Å². The quantitative estimate of drug-likeness (QED) is 0.897. The van der Waals surface area contributed by atoms with Crippen molar-refractivity contribution in [2.24, 2.45) is 0 Å². The van der Waals surface area contributed by atoms with Gasteiger partial charge < -0.3 is 15.0 Å². The number of benzene rings is 1. The Bertz CT molecular complexity index is 474. The fraction of sp³-hybridized carbons (Fsp3) is 0.562. The van der Waals surface area contributed by atoms with Crippen molar-refractivity contribution in [3.63, 3.8) is 0 Å². The zero-order valence-corrected chi connectivity index (χ0v) is 12.6. The second-order valence-electron chi connectivity index (χ2n) is 5.33. The SMILES string of the molecule is CCC(C)NCC(=O)N1CCCc2cc(OC)ccc21. The van der Waals surface area contributed by atoms with Gasteiger partial charge in [-0.3, -0.25) is 4.79 Å². The summed E-state index contributed by atoms with van der Waals surface area (Å²) in [7, 11) is 1.67. The molecular formula is C16H24N2O2. The van der Waals surface area contributed by atoms with Crippen LogP contribution in [0.5, 0.6) is 5.75 Å². The van der Waals surface area contributed by atoms with Gasteiger partial charge in [-0.1, -0.05) is 6.92 Å². The third kappa shape index (κ3) is 3.31. The number of carbonyl (C=O) groups is 1. The van der Waals surface area contributed by atoms with Gasteiger partial charge in [0, 0.05) is 18.3 Å². The van der Waals surface area contributed by atoms with E-state index in [0.29, 0.717) is 12.6 Å². The van der Waals surface area contributed by atoms with Crippen LogP contribution in [0.3, 0.4) is 0 Å². The molecule has 0 spiro atoms. The van der Waals surface area contributed by atoms with Gasteiger partial charge in [0.05, 0.1) is 13.7 Å². The molecule has 1 aliphatic heterocycles. The summed E-state index contributed by atoms with van der Waals surface area (Å²) in [5, 5.41) is 3.27. The third-order valence-corrected chi connectivity index (χ3v) is 3.92. The number of hydrogen-bond donors (Lipinski definition) is 1. The second-order valence-corrected chi connectivity index (χ2v) is 5.33. The Morgan fingerprint density at radius 3 is 3.00 bits per heavy atom. The number of ether oxygens (including phenoxy) is 1. The molecule has 0 fully saturated rings. The molecule has 0 radical (unpaired) electrons. The third-order valence-electron chi connectivity index (χ3n) is 3.92. The van der Waals surface area contributed by atoms with Gasteiger partial charge >= 0.3 is 0 Å². The molecule has 1 N–H and O–H groups in total. The highest BCUT2D eigenvalue weighted by Crippen LogP contribution is 2.30. The van der Waals surface area contributed by atoms with E-state index in [1.807, 2.05) is 23.1 Å². The number of anilines is 1. The maximum absolute atomic E-state index is 12.4. The summed E-state index contributed by atoms with van der Waals surface area (Å²) in [6.45, 7) is 5.42. The van der Waals surface area contributed by atoms with Crippen molar-refractivity contribution in [2.75, 3.05) is 25.1 Å². The summed E-state index contributed by atoms with van der Waals surface area (Å²) in [4.78, 5) is 14.3. The fourth-order valence-corrected chi connectivity index (χ4v) is 2.46. The predicted molar refractivity (Wildman–Crippen MR) is 81.4 cm³/mol. The van der Waals surface area contributed by atoms with Crippen molar-refractivity contribution >= 4 is 11.6 Å². The number of hydrogen-bond acceptors (Lipinski definition) is 3. The topological polar surface area (TPSA) is 41.6 Å². The van der Waals surface area contributed by atoms with Crippen LogP contribution >= 0.6 is 0 Å². The minimum absolute atomic E-state index is 0.149. The molecule has 0 aromatic heterocycles. The van der Waals surface area contributed by atoms with Gasteiger partial charge in [0.1, 0.15) is 5.75 Å². The maximum Gasteiger partial charge on any atom is 0.240 e. The largest absolute Gasteiger partial charge is 0.497 e. The van der Waals surface area contributed by atoms with Gasteiger partial charge in [-0.05, 0) is 49.9 Å². The van der Waals surface area contributed by atoms with Crippen LogP contribution in [-0.4, -0.2) is 32.1 Å². The van der Waals surface area contributed by atoms with Gasteiger partial charge in [-0.15, -0.1) is 0 Å². The zero-order chi connectivity index (χ0) is 14.5. The zero-order valence-electron chi connectivity index (χ0n) is 12.6. The standard InChI is InChI=1S/C16H24N2O2/c1-4-12(2)17-11-16(19)18-9-5-6-13-10-14(20-3)7-8-15(13)18/h7-8,10,12,17H,4-6,9,11H2,1-3H3. The molecule has 0 saturated heterocycles. The Balaban J connectivity index is 2.09. The molecule has 1 aromatic carbocycles. The monoisotopic (exact) mass is 276 g/mol. The summed E-state index contributed by atoms with van der Waals surface area (Å²) in [5.41, 5.74) is 2.24. The number of aryl methyl sites for hydroxylation is 1. The minimum Gasteiger partial charge on any atom is -0.497 e. The van der Waals surface area contributed by atoms with E-state index in [1.165, 1.54) is 5.56 Å². The Labute approximate surface area is 121 Å². The van der Waals surface area contributed by atoms with Crippen molar-refractivity contribution < 1.29 is 9.53 Å². The predicted octanol–water partition coefficient (Wildman–Crippen LogP) is 2.36. The maximum atomic E-state index is 12.4. The van der Waals surface area contributed by atoms with E-state index in [0.717, 1.165) is 37.2 Å². The van der Waals surface area contributed by atoms with Crippen molar-refractivity contribution in [1.29, 1.82) is 0 Å². The molecule has 0 saturated carbocycles. The van der Waals surface area contributed by atoms with E-state index in [4.69, 9.17) is 4.74 Å².